The number of halogens is 1. The quantitative estimate of drug-likeness (QED) is 0.655. The minimum absolute atomic E-state index is 0.0734. The molecule has 0 saturated heterocycles. The van der Waals surface area contributed by atoms with E-state index in [2.05, 4.69) is 5.32 Å². The topological polar surface area (TPSA) is 65.4 Å². The van der Waals surface area contributed by atoms with Crippen LogP contribution in [0.2, 0.25) is 5.02 Å². The molecule has 0 fully saturated rings. The first-order valence-electron chi connectivity index (χ1n) is 9.00. The molecule has 1 N–H and O–H groups in total. The van der Waals surface area contributed by atoms with Crippen LogP contribution in [-0.2, 0) is 4.79 Å². The number of thioether (sulfide) groups is 1. The van der Waals surface area contributed by atoms with E-state index < -0.39 is 0 Å². The number of amides is 1. The van der Waals surface area contributed by atoms with Gasteiger partial charge in [-0.3, -0.25) is 4.79 Å². The zero-order valence-electron chi connectivity index (χ0n) is 16.2. The minimum Gasteiger partial charge on any atom is -0.497 e. The Labute approximate surface area is 178 Å². The molecule has 3 aromatic rings. The van der Waals surface area contributed by atoms with Crippen LogP contribution in [0, 0.1) is 6.92 Å². The van der Waals surface area contributed by atoms with Gasteiger partial charge in [-0.05, 0) is 49.4 Å². The van der Waals surface area contributed by atoms with Gasteiger partial charge in [0.15, 0.2) is 0 Å². The van der Waals surface area contributed by atoms with Gasteiger partial charge in [0, 0.05) is 16.1 Å². The normalized spacial score (nSPS) is 16.0. The van der Waals surface area contributed by atoms with Crippen molar-refractivity contribution in [3.8, 4) is 17.2 Å². The molecule has 6 nitrogen and oxygen atoms in total. The number of aryl methyl sites for hydroxylation is 1. The molecular weight excluding hydrogens is 410 g/mol. The number of methoxy groups -OCH3 is 2. The summed E-state index contributed by atoms with van der Waals surface area (Å²) in [7, 11) is 3.27. The number of benzene rings is 2. The van der Waals surface area contributed by atoms with Crippen molar-refractivity contribution < 1.29 is 14.3 Å². The van der Waals surface area contributed by atoms with E-state index in [1.54, 1.807) is 31.0 Å². The fourth-order valence-electron chi connectivity index (χ4n) is 3.44. The molecule has 2 aromatic carbocycles. The monoisotopic (exact) mass is 429 g/mol. The van der Waals surface area contributed by atoms with E-state index in [1.807, 2.05) is 37.3 Å². The Balaban J connectivity index is 1.91. The summed E-state index contributed by atoms with van der Waals surface area (Å²) in [5, 5.41) is 8.24. The first-order chi connectivity index (χ1) is 14.0. The Hall–Kier alpha value is -2.64. The van der Waals surface area contributed by atoms with Crippen LogP contribution in [-0.4, -0.2) is 35.7 Å². The summed E-state index contributed by atoms with van der Waals surface area (Å²) in [6, 6.07) is 13.0. The lowest BCUT2D eigenvalue weighted by atomic mass is 10.0. The number of rotatable bonds is 4. The molecule has 1 atom stereocenters. The standard InChI is InChI=1S/C21H20ClN3O3S/c1-12-19-20(16-10-15(27-2)8-9-17(16)28-3)29-11-18(26)23-21(19)25(24-12)14-6-4-13(22)5-7-14/h4-10,20H,11H2,1-3H3,(H,23,26). The highest BCUT2D eigenvalue weighted by Crippen LogP contribution is 2.47. The van der Waals surface area contributed by atoms with E-state index >= 15 is 0 Å². The number of fused-ring (bicyclic) bond motifs is 1. The third kappa shape index (κ3) is 3.68. The highest BCUT2D eigenvalue weighted by atomic mass is 35.5. The van der Waals surface area contributed by atoms with Gasteiger partial charge in [-0.2, -0.15) is 5.10 Å². The number of ether oxygens (including phenoxy) is 2. The highest BCUT2D eigenvalue weighted by molar-refractivity contribution is 8.00. The molecule has 1 amide bonds. The fraction of sp³-hybridized carbons (Fsp3) is 0.238. The Kier molecular flexibility index (Phi) is 5.43. The first-order valence-corrected chi connectivity index (χ1v) is 10.4. The molecule has 4 rings (SSSR count). The zero-order chi connectivity index (χ0) is 20.5. The maximum atomic E-state index is 12.5. The largest absolute Gasteiger partial charge is 0.497 e. The first kappa shape index (κ1) is 19.7. The van der Waals surface area contributed by atoms with E-state index in [0.717, 1.165) is 34.0 Å². The Morgan fingerprint density at radius 1 is 1.17 bits per heavy atom. The van der Waals surface area contributed by atoms with Crippen molar-refractivity contribution in [1.82, 2.24) is 9.78 Å². The lowest BCUT2D eigenvalue weighted by Crippen LogP contribution is -2.15. The van der Waals surface area contributed by atoms with E-state index in [1.165, 1.54) is 11.8 Å². The number of hydrogen-bond donors (Lipinski definition) is 1. The molecule has 29 heavy (non-hydrogen) atoms. The molecule has 1 aliphatic rings. The van der Waals surface area contributed by atoms with Gasteiger partial charge in [-0.15, -0.1) is 11.8 Å². The number of anilines is 1. The molecule has 1 aromatic heterocycles. The summed E-state index contributed by atoms with van der Waals surface area (Å²) in [6.45, 7) is 1.95. The van der Waals surface area contributed by atoms with Crippen LogP contribution in [0.25, 0.3) is 5.69 Å². The third-order valence-electron chi connectivity index (χ3n) is 4.80. The van der Waals surface area contributed by atoms with E-state index in [4.69, 9.17) is 26.2 Å². The summed E-state index contributed by atoms with van der Waals surface area (Å²) in [5.74, 6) is 2.38. The molecule has 1 unspecified atom stereocenters. The molecular formula is C21H20ClN3O3S. The maximum absolute atomic E-state index is 12.5. The molecule has 0 saturated carbocycles. The number of carbonyl (C=O) groups is 1. The SMILES string of the molecule is COc1ccc(OC)c(C2SCC(=O)Nc3c2c(C)nn3-c2ccc(Cl)cc2)c1. The van der Waals surface area contributed by atoms with Crippen LogP contribution in [0.4, 0.5) is 5.82 Å². The zero-order valence-corrected chi connectivity index (χ0v) is 17.8. The van der Waals surface area contributed by atoms with Gasteiger partial charge < -0.3 is 14.8 Å². The Bertz CT molecular complexity index is 1070. The van der Waals surface area contributed by atoms with Crippen molar-refractivity contribution in [2.45, 2.75) is 12.2 Å². The average Bonchev–Trinajstić information content (AvgIpc) is 2.93. The third-order valence-corrected chi connectivity index (χ3v) is 6.30. The summed E-state index contributed by atoms with van der Waals surface area (Å²) in [5.41, 5.74) is 3.54. The number of carbonyl (C=O) groups excluding carboxylic acids is 1. The summed E-state index contributed by atoms with van der Waals surface area (Å²) >= 11 is 7.57. The number of aromatic nitrogens is 2. The summed E-state index contributed by atoms with van der Waals surface area (Å²) in [4.78, 5) is 12.5. The van der Waals surface area contributed by atoms with Crippen molar-refractivity contribution in [3.63, 3.8) is 0 Å². The molecule has 2 heterocycles. The minimum atomic E-state index is -0.143. The van der Waals surface area contributed by atoms with Crippen LogP contribution in [0.5, 0.6) is 11.5 Å². The second-order valence-electron chi connectivity index (χ2n) is 6.58. The van der Waals surface area contributed by atoms with Crippen molar-refractivity contribution in [3.05, 3.63) is 64.3 Å². The molecule has 0 aliphatic carbocycles. The van der Waals surface area contributed by atoms with Crippen molar-refractivity contribution in [2.75, 3.05) is 25.3 Å². The van der Waals surface area contributed by atoms with Crippen LogP contribution in [0.3, 0.4) is 0 Å². The lowest BCUT2D eigenvalue weighted by Gasteiger charge is -2.19. The maximum Gasteiger partial charge on any atom is 0.235 e. The molecule has 8 heteroatoms. The fourth-order valence-corrected chi connectivity index (χ4v) is 4.77. The number of nitrogens with zero attached hydrogens (tertiary/aromatic N) is 2. The number of nitrogens with one attached hydrogen (secondary N) is 1. The molecule has 0 bridgehead atoms. The van der Waals surface area contributed by atoms with Gasteiger partial charge in [0.1, 0.15) is 17.3 Å². The smallest absolute Gasteiger partial charge is 0.235 e. The van der Waals surface area contributed by atoms with Gasteiger partial charge >= 0.3 is 0 Å². The molecule has 0 radical (unpaired) electrons. The summed E-state index contributed by atoms with van der Waals surface area (Å²) in [6.07, 6.45) is 0. The molecule has 1 aliphatic heterocycles. The van der Waals surface area contributed by atoms with Gasteiger partial charge in [0.25, 0.3) is 0 Å². The highest BCUT2D eigenvalue weighted by Gasteiger charge is 2.32. The van der Waals surface area contributed by atoms with Crippen molar-refractivity contribution in [1.29, 1.82) is 0 Å². The lowest BCUT2D eigenvalue weighted by molar-refractivity contribution is -0.113. The van der Waals surface area contributed by atoms with E-state index in [9.17, 15) is 4.79 Å². The van der Waals surface area contributed by atoms with Crippen LogP contribution in [0.1, 0.15) is 22.1 Å². The Morgan fingerprint density at radius 3 is 2.62 bits per heavy atom. The van der Waals surface area contributed by atoms with Crippen LogP contribution < -0.4 is 14.8 Å². The predicted molar refractivity (Wildman–Crippen MR) is 116 cm³/mol. The van der Waals surface area contributed by atoms with Crippen molar-refractivity contribution in [2.24, 2.45) is 0 Å². The second-order valence-corrected chi connectivity index (χ2v) is 8.11. The second kappa shape index (κ2) is 8.00. The number of hydrogen-bond acceptors (Lipinski definition) is 5. The average molecular weight is 430 g/mol. The summed E-state index contributed by atoms with van der Waals surface area (Å²) < 4.78 is 12.8. The van der Waals surface area contributed by atoms with Crippen LogP contribution >= 0.6 is 23.4 Å². The molecule has 150 valence electrons. The predicted octanol–water partition coefficient (Wildman–Crippen LogP) is 4.63. The van der Waals surface area contributed by atoms with E-state index in [-0.39, 0.29) is 11.2 Å². The van der Waals surface area contributed by atoms with Crippen molar-refractivity contribution >= 4 is 35.1 Å². The van der Waals surface area contributed by atoms with Gasteiger partial charge in [0.05, 0.1) is 36.6 Å². The van der Waals surface area contributed by atoms with E-state index in [0.29, 0.717) is 16.6 Å². The Morgan fingerprint density at radius 2 is 1.93 bits per heavy atom. The van der Waals surface area contributed by atoms with Gasteiger partial charge in [0.2, 0.25) is 5.91 Å². The van der Waals surface area contributed by atoms with Gasteiger partial charge in [-0.1, -0.05) is 11.6 Å². The van der Waals surface area contributed by atoms with Crippen LogP contribution in [0.15, 0.2) is 42.5 Å². The molecule has 0 spiro atoms. The van der Waals surface area contributed by atoms with Gasteiger partial charge in [-0.25, -0.2) is 4.68 Å².